The molecule has 0 saturated carbocycles. The lowest BCUT2D eigenvalue weighted by Crippen LogP contribution is -2.46. The third-order valence-corrected chi connectivity index (χ3v) is 2.71. The van der Waals surface area contributed by atoms with Crippen LogP contribution in [0.2, 0.25) is 0 Å². The summed E-state index contributed by atoms with van der Waals surface area (Å²) < 4.78 is 0. The van der Waals surface area contributed by atoms with E-state index >= 15 is 0 Å². The van der Waals surface area contributed by atoms with E-state index in [4.69, 9.17) is 5.73 Å². The molecule has 1 aromatic carbocycles. The van der Waals surface area contributed by atoms with Gasteiger partial charge in [-0.25, -0.2) is 4.79 Å². The van der Waals surface area contributed by atoms with E-state index in [9.17, 15) is 9.59 Å². The molecule has 0 spiro atoms. The van der Waals surface area contributed by atoms with Gasteiger partial charge in [0, 0.05) is 25.0 Å². The zero-order chi connectivity index (χ0) is 14.4. The fourth-order valence-corrected chi connectivity index (χ4v) is 1.53. The van der Waals surface area contributed by atoms with Crippen LogP contribution in [-0.2, 0) is 4.79 Å². The second kappa shape index (κ2) is 6.63. The van der Waals surface area contributed by atoms with E-state index < -0.39 is 12.1 Å². The van der Waals surface area contributed by atoms with Crippen LogP contribution in [0.25, 0.3) is 0 Å². The Labute approximate surface area is 113 Å². The smallest absolute Gasteiger partial charge is 0.319 e. The molecule has 0 bridgehead atoms. The first-order chi connectivity index (χ1) is 8.93. The van der Waals surface area contributed by atoms with Crippen LogP contribution in [0.3, 0.4) is 0 Å². The van der Waals surface area contributed by atoms with Gasteiger partial charge in [-0.2, -0.15) is 0 Å². The largest absolute Gasteiger partial charge is 0.399 e. The van der Waals surface area contributed by atoms with E-state index in [0.717, 1.165) is 0 Å². The van der Waals surface area contributed by atoms with Gasteiger partial charge in [0.1, 0.15) is 6.04 Å². The summed E-state index contributed by atoms with van der Waals surface area (Å²) in [5, 5.41) is 5.21. The maximum Gasteiger partial charge on any atom is 0.319 e. The van der Waals surface area contributed by atoms with Crippen LogP contribution in [0.1, 0.15) is 13.8 Å². The van der Waals surface area contributed by atoms with Crippen molar-refractivity contribution in [2.24, 2.45) is 0 Å². The molecule has 1 rings (SSSR count). The van der Waals surface area contributed by atoms with Crippen molar-refractivity contribution in [2.45, 2.75) is 19.9 Å². The van der Waals surface area contributed by atoms with E-state index in [-0.39, 0.29) is 5.91 Å². The Bertz CT molecular complexity index is 462. The Morgan fingerprint density at radius 3 is 2.68 bits per heavy atom. The SMILES string of the molecule is CCN(C)C(=O)C(C)NC(=O)Nc1cccc(N)c1. The van der Waals surface area contributed by atoms with E-state index in [0.29, 0.717) is 17.9 Å². The third kappa shape index (κ3) is 4.50. The third-order valence-electron chi connectivity index (χ3n) is 2.71. The summed E-state index contributed by atoms with van der Waals surface area (Å²) in [5.74, 6) is -0.134. The van der Waals surface area contributed by atoms with Crippen LogP contribution < -0.4 is 16.4 Å². The zero-order valence-electron chi connectivity index (χ0n) is 11.4. The molecule has 0 radical (unpaired) electrons. The van der Waals surface area contributed by atoms with Crippen molar-refractivity contribution < 1.29 is 9.59 Å². The molecule has 1 atom stereocenters. The average molecular weight is 264 g/mol. The van der Waals surface area contributed by atoms with Crippen molar-refractivity contribution in [2.75, 3.05) is 24.6 Å². The van der Waals surface area contributed by atoms with Crippen molar-refractivity contribution in [3.05, 3.63) is 24.3 Å². The molecule has 0 aromatic heterocycles. The lowest BCUT2D eigenvalue weighted by Gasteiger charge is -2.20. The first kappa shape index (κ1) is 14.8. The van der Waals surface area contributed by atoms with Crippen LogP contribution in [0.4, 0.5) is 16.2 Å². The quantitative estimate of drug-likeness (QED) is 0.715. The Morgan fingerprint density at radius 1 is 1.42 bits per heavy atom. The predicted octanol–water partition coefficient (Wildman–Crippen LogP) is 1.26. The fraction of sp³-hybridized carbons (Fsp3) is 0.385. The lowest BCUT2D eigenvalue weighted by molar-refractivity contribution is -0.131. The van der Waals surface area contributed by atoms with Gasteiger partial charge in [0.2, 0.25) is 5.91 Å². The molecule has 6 nitrogen and oxygen atoms in total. The van der Waals surface area contributed by atoms with E-state index in [1.165, 1.54) is 0 Å². The average Bonchev–Trinajstić information content (AvgIpc) is 2.36. The number of urea groups is 1. The van der Waals surface area contributed by atoms with Crippen molar-refractivity contribution in [1.82, 2.24) is 10.2 Å². The molecule has 104 valence electrons. The number of nitrogen functional groups attached to an aromatic ring is 1. The molecule has 0 aliphatic heterocycles. The van der Waals surface area contributed by atoms with Crippen LogP contribution >= 0.6 is 0 Å². The number of amides is 3. The molecule has 0 heterocycles. The van der Waals surface area contributed by atoms with Crippen molar-refractivity contribution >= 4 is 23.3 Å². The summed E-state index contributed by atoms with van der Waals surface area (Å²) in [6.07, 6.45) is 0. The number of carbonyl (C=O) groups excluding carboxylic acids is 2. The number of nitrogens with zero attached hydrogens (tertiary/aromatic N) is 1. The normalized spacial score (nSPS) is 11.5. The number of anilines is 2. The van der Waals surface area contributed by atoms with Gasteiger partial charge in [0.25, 0.3) is 0 Å². The molecule has 19 heavy (non-hydrogen) atoms. The number of hydrogen-bond donors (Lipinski definition) is 3. The van der Waals surface area contributed by atoms with E-state index in [1.54, 1.807) is 43.1 Å². The Kier molecular flexibility index (Phi) is 5.17. The topological polar surface area (TPSA) is 87.5 Å². The molecule has 1 unspecified atom stereocenters. The standard InChI is InChI=1S/C13H20N4O2/c1-4-17(3)12(18)9(2)15-13(19)16-11-7-5-6-10(14)8-11/h5-9H,4,14H2,1-3H3,(H2,15,16,19). The summed E-state index contributed by atoms with van der Waals surface area (Å²) in [6.45, 7) is 4.12. The van der Waals surface area contributed by atoms with Gasteiger partial charge in [-0.1, -0.05) is 6.07 Å². The highest BCUT2D eigenvalue weighted by Gasteiger charge is 2.18. The molecule has 4 N–H and O–H groups in total. The second-order valence-corrected chi connectivity index (χ2v) is 4.30. The van der Waals surface area contributed by atoms with Crippen LogP contribution in [0.15, 0.2) is 24.3 Å². The summed E-state index contributed by atoms with van der Waals surface area (Å²) in [5.41, 5.74) is 6.76. The summed E-state index contributed by atoms with van der Waals surface area (Å²) in [7, 11) is 1.69. The van der Waals surface area contributed by atoms with E-state index in [2.05, 4.69) is 10.6 Å². The molecular formula is C13H20N4O2. The molecule has 0 aliphatic carbocycles. The number of carbonyl (C=O) groups is 2. The molecule has 0 fully saturated rings. The highest BCUT2D eigenvalue weighted by atomic mass is 16.2. The number of nitrogens with two attached hydrogens (primary N) is 1. The Hall–Kier alpha value is -2.24. The molecular weight excluding hydrogens is 244 g/mol. The van der Waals surface area contributed by atoms with Crippen molar-refractivity contribution in [3.8, 4) is 0 Å². The fourth-order valence-electron chi connectivity index (χ4n) is 1.53. The predicted molar refractivity (Wildman–Crippen MR) is 75.8 cm³/mol. The first-order valence-corrected chi connectivity index (χ1v) is 6.12. The Balaban J connectivity index is 2.54. The van der Waals surface area contributed by atoms with Gasteiger partial charge >= 0.3 is 6.03 Å². The number of rotatable bonds is 4. The highest BCUT2D eigenvalue weighted by molar-refractivity contribution is 5.93. The zero-order valence-corrected chi connectivity index (χ0v) is 11.4. The molecule has 1 aromatic rings. The minimum Gasteiger partial charge on any atom is -0.399 e. The second-order valence-electron chi connectivity index (χ2n) is 4.30. The molecule has 6 heteroatoms. The van der Waals surface area contributed by atoms with E-state index in [1.807, 2.05) is 6.92 Å². The van der Waals surface area contributed by atoms with Crippen LogP contribution in [0.5, 0.6) is 0 Å². The van der Waals surface area contributed by atoms with Gasteiger partial charge in [-0.15, -0.1) is 0 Å². The van der Waals surface area contributed by atoms with Gasteiger partial charge in [0.05, 0.1) is 0 Å². The maximum absolute atomic E-state index is 11.8. The molecule has 0 saturated heterocycles. The van der Waals surface area contributed by atoms with Crippen LogP contribution in [0, 0.1) is 0 Å². The summed E-state index contributed by atoms with van der Waals surface area (Å²) in [4.78, 5) is 25.0. The molecule has 3 amide bonds. The molecule has 0 aliphatic rings. The number of likely N-dealkylation sites (N-methyl/N-ethyl adjacent to an activating group) is 1. The maximum atomic E-state index is 11.8. The minimum atomic E-state index is -0.578. The Morgan fingerprint density at radius 2 is 2.11 bits per heavy atom. The first-order valence-electron chi connectivity index (χ1n) is 6.12. The van der Waals surface area contributed by atoms with Crippen LogP contribution in [-0.4, -0.2) is 36.5 Å². The summed E-state index contributed by atoms with van der Waals surface area (Å²) >= 11 is 0. The lowest BCUT2D eigenvalue weighted by atomic mass is 10.3. The number of hydrogen-bond acceptors (Lipinski definition) is 3. The monoisotopic (exact) mass is 264 g/mol. The minimum absolute atomic E-state index is 0.134. The number of benzene rings is 1. The van der Waals surface area contributed by atoms with Gasteiger partial charge in [-0.05, 0) is 32.0 Å². The summed E-state index contributed by atoms with van der Waals surface area (Å²) in [6, 6.07) is 5.82. The van der Waals surface area contributed by atoms with Gasteiger partial charge in [-0.3, -0.25) is 4.79 Å². The number of nitrogens with one attached hydrogen (secondary N) is 2. The van der Waals surface area contributed by atoms with Gasteiger partial charge in [0.15, 0.2) is 0 Å². The van der Waals surface area contributed by atoms with Gasteiger partial charge < -0.3 is 21.3 Å². The highest BCUT2D eigenvalue weighted by Crippen LogP contribution is 2.11. The van der Waals surface area contributed by atoms with Crippen molar-refractivity contribution in [1.29, 1.82) is 0 Å². The van der Waals surface area contributed by atoms with Crippen molar-refractivity contribution in [3.63, 3.8) is 0 Å².